The lowest BCUT2D eigenvalue weighted by atomic mass is 10.3. The van der Waals surface area contributed by atoms with Gasteiger partial charge < -0.3 is 4.90 Å². The van der Waals surface area contributed by atoms with Crippen molar-refractivity contribution in [2.24, 2.45) is 0 Å². The van der Waals surface area contributed by atoms with Gasteiger partial charge in [0.2, 0.25) is 0 Å². The van der Waals surface area contributed by atoms with Gasteiger partial charge in [0.25, 0.3) is 0 Å². The Morgan fingerprint density at radius 2 is 2.31 bits per heavy atom. The lowest BCUT2D eigenvalue weighted by molar-refractivity contribution is 0.112. The second-order valence-corrected chi connectivity index (χ2v) is 4.34. The monoisotopic (exact) mass is 232 g/mol. The summed E-state index contributed by atoms with van der Waals surface area (Å²) in [6.45, 7) is 0.830. The third-order valence-corrected chi connectivity index (χ3v) is 3.03. The van der Waals surface area contributed by atoms with Crippen molar-refractivity contribution in [2.45, 2.75) is 6.54 Å². The van der Waals surface area contributed by atoms with E-state index in [9.17, 15) is 4.79 Å². The maximum absolute atomic E-state index is 10.5. The average molecular weight is 232 g/mol. The molecule has 0 spiro atoms. The maximum atomic E-state index is 10.5. The van der Waals surface area contributed by atoms with Gasteiger partial charge in [-0.05, 0) is 34.5 Å². The number of hydrogen-bond acceptors (Lipinski definition) is 4. The van der Waals surface area contributed by atoms with Crippen LogP contribution in [0.2, 0.25) is 0 Å². The van der Waals surface area contributed by atoms with E-state index < -0.39 is 0 Å². The zero-order valence-corrected chi connectivity index (χ0v) is 9.78. The largest absolute Gasteiger partial charge is 0.355 e. The molecule has 0 radical (unpaired) electrons. The maximum Gasteiger partial charge on any atom is 0.151 e. The fourth-order valence-electron chi connectivity index (χ4n) is 1.43. The molecule has 4 heteroatoms. The van der Waals surface area contributed by atoms with E-state index in [-0.39, 0.29) is 0 Å². The summed E-state index contributed by atoms with van der Waals surface area (Å²) in [7, 11) is 1.99. The van der Waals surface area contributed by atoms with E-state index in [1.54, 1.807) is 23.6 Å². The van der Waals surface area contributed by atoms with Gasteiger partial charge in [0.1, 0.15) is 5.82 Å². The molecule has 0 aromatic carbocycles. The van der Waals surface area contributed by atoms with Crippen molar-refractivity contribution < 1.29 is 4.79 Å². The Labute approximate surface area is 98.4 Å². The number of carbonyl (C=O) groups excluding carboxylic acids is 1. The Bertz CT molecular complexity index is 450. The van der Waals surface area contributed by atoms with E-state index >= 15 is 0 Å². The number of aromatic nitrogens is 1. The summed E-state index contributed by atoms with van der Waals surface area (Å²) < 4.78 is 0. The first-order valence-corrected chi connectivity index (χ1v) is 5.87. The van der Waals surface area contributed by atoms with Crippen LogP contribution in [0.4, 0.5) is 5.82 Å². The molecule has 0 unspecified atom stereocenters. The van der Waals surface area contributed by atoms with Crippen molar-refractivity contribution in [3.05, 3.63) is 46.3 Å². The molecular weight excluding hydrogens is 220 g/mol. The van der Waals surface area contributed by atoms with E-state index in [2.05, 4.69) is 26.7 Å². The third kappa shape index (κ3) is 2.46. The van der Waals surface area contributed by atoms with Crippen LogP contribution in [0.25, 0.3) is 0 Å². The molecule has 2 rings (SSSR count). The van der Waals surface area contributed by atoms with E-state index in [0.717, 1.165) is 18.6 Å². The molecule has 0 saturated heterocycles. The average Bonchev–Trinajstić information content (AvgIpc) is 2.82. The number of nitrogens with zero attached hydrogens (tertiary/aromatic N) is 2. The zero-order chi connectivity index (χ0) is 11.4. The highest BCUT2D eigenvalue weighted by molar-refractivity contribution is 7.07. The summed E-state index contributed by atoms with van der Waals surface area (Å²) in [6, 6.07) is 5.73. The lowest BCUT2D eigenvalue weighted by Crippen LogP contribution is -2.17. The number of hydrogen-bond donors (Lipinski definition) is 0. The van der Waals surface area contributed by atoms with Crippen molar-refractivity contribution in [3.8, 4) is 0 Å². The Kier molecular flexibility index (Phi) is 3.31. The Morgan fingerprint density at radius 3 is 2.88 bits per heavy atom. The standard InChI is InChI=1S/C12H12N2OS/c1-14(7-11-4-5-16-9-11)12-3-2-10(8-15)6-13-12/h2-6,8-9H,7H2,1H3. The molecule has 82 valence electrons. The molecular formula is C12H12N2OS. The fraction of sp³-hybridized carbons (Fsp3) is 0.167. The van der Waals surface area contributed by atoms with Gasteiger partial charge in [-0.15, -0.1) is 0 Å². The van der Waals surface area contributed by atoms with Gasteiger partial charge in [-0.2, -0.15) is 11.3 Å². The van der Waals surface area contributed by atoms with Gasteiger partial charge >= 0.3 is 0 Å². The van der Waals surface area contributed by atoms with Crippen molar-refractivity contribution in [1.82, 2.24) is 4.98 Å². The first kappa shape index (κ1) is 10.8. The predicted octanol–water partition coefficient (Wildman–Crippen LogP) is 2.59. The number of aldehydes is 1. The van der Waals surface area contributed by atoms with Crippen LogP contribution in [0.5, 0.6) is 0 Å². The number of thiophene rings is 1. The highest BCUT2D eigenvalue weighted by Gasteiger charge is 2.03. The minimum atomic E-state index is 0.604. The normalized spacial score (nSPS) is 10.1. The van der Waals surface area contributed by atoms with E-state index in [1.807, 2.05) is 13.1 Å². The summed E-state index contributed by atoms with van der Waals surface area (Å²) >= 11 is 1.69. The topological polar surface area (TPSA) is 33.2 Å². The number of pyridine rings is 1. The molecule has 0 aliphatic heterocycles. The van der Waals surface area contributed by atoms with Gasteiger partial charge in [-0.1, -0.05) is 0 Å². The smallest absolute Gasteiger partial charge is 0.151 e. The molecule has 3 nitrogen and oxygen atoms in total. The Balaban J connectivity index is 2.08. The van der Waals surface area contributed by atoms with E-state index in [0.29, 0.717) is 5.56 Å². The summed E-state index contributed by atoms with van der Waals surface area (Å²) in [4.78, 5) is 16.8. The molecule has 0 atom stereocenters. The zero-order valence-electron chi connectivity index (χ0n) is 8.96. The molecule has 0 fully saturated rings. The molecule has 0 aliphatic carbocycles. The van der Waals surface area contributed by atoms with Crippen LogP contribution in [0.1, 0.15) is 15.9 Å². The van der Waals surface area contributed by atoms with Crippen LogP contribution in [-0.4, -0.2) is 18.3 Å². The van der Waals surface area contributed by atoms with Gasteiger partial charge in [-0.25, -0.2) is 4.98 Å². The predicted molar refractivity (Wildman–Crippen MR) is 66.1 cm³/mol. The summed E-state index contributed by atoms with van der Waals surface area (Å²) in [5, 5.41) is 4.18. The van der Waals surface area contributed by atoms with Crippen LogP contribution in [0, 0.1) is 0 Å². The van der Waals surface area contributed by atoms with Gasteiger partial charge in [0.05, 0.1) is 0 Å². The molecule has 0 amide bonds. The summed E-state index contributed by atoms with van der Waals surface area (Å²) in [6.07, 6.45) is 2.39. The van der Waals surface area contributed by atoms with Gasteiger partial charge in [0, 0.05) is 25.4 Å². The molecule has 2 aromatic heterocycles. The number of carbonyl (C=O) groups is 1. The molecule has 2 aromatic rings. The number of rotatable bonds is 4. The molecule has 0 saturated carbocycles. The van der Waals surface area contributed by atoms with Crippen LogP contribution in [0.3, 0.4) is 0 Å². The minimum Gasteiger partial charge on any atom is -0.355 e. The quantitative estimate of drug-likeness (QED) is 0.760. The lowest BCUT2D eigenvalue weighted by Gasteiger charge is -2.17. The van der Waals surface area contributed by atoms with E-state index in [1.165, 1.54) is 5.56 Å². The van der Waals surface area contributed by atoms with Crippen molar-refractivity contribution in [3.63, 3.8) is 0 Å². The fourth-order valence-corrected chi connectivity index (χ4v) is 2.09. The van der Waals surface area contributed by atoms with Crippen molar-refractivity contribution in [1.29, 1.82) is 0 Å². The summed E-state index contributed by atoms with van der Waals surface area (Å²) in [5.74, 6) is 0.872. The Hall–Kier alpha value is -1.68. The molecule has 0 N–H and O–H groups in total. The van der Waals surface area contributed by atoms with Crippen LogP contribution in [0.15, 0.2) is 35.2 Å². The van der Waals surface area contributed by atoms with E-state index in [4.69, 9.17) is 0 Å². The molecule has 0 bridgehead atoms. The molecule has 16 heavy (non-hydrogen) atoms. The number of anilines is 1. The van der Waals surface area contributed by atoms with Crippen molar-refractivity contribution in [2.75, 3.05) is 11.9 Å². The van der Waals surface area contributed by atoms with Gasteiger partial charge in [0.15, 0.2) is 6.29 Å². The second kappa shape index (κ2) is 4.90. The third-order valence-electron chi connectivity index (χ3n) is 2.30. The van der Waals surface area contributed by atoms with Crippen LogP contribution < -0.4 is 4.90 Å². The Morgan fingerprint density at radius 1 is 1.44 bits per heavy atom. The first-order chi connectivity index (χ1) is 7.79. The minimum absolute atomic E-state index is 0.604. The van der Waals surface area contributed by atoms with Gasteiger partial charge in [-0.3, -0.25) is 4.79 Å². The van der Waals surface area contributed by atoms with Crippen LogP contribution in [-0.2, 0) is 6.54 Å². The molecule has 0 aliphatic rings. The van der Waals surface area contributed by atoms with Crippen molar-refractivity contribution >= 4 is 23.4 Å². The van der Waals surface area contributed by atoms with Crippen LogP contribution >= 0.6 is 11.3 Å². The first-order valence-electron chi connectivity index (χ1n) is 4.93. The highest BCUT2D eigenvalue weighted by Crippen LogP contribution is 2.14. The highest BCUT2D eigenvalue weighted by atomic mass is 32.1. The SMILES string of the molecule is CN(Cc1ccsc1)c1ccc(C=O)cn1. The second-order valence-electron chi connectivity index (χ2n) is 3.56. The summed E-state index contributed by atoms with van der Waals surface area (Å²) in [5.41, 5.74) is 1.88. The molecule has 2 heterocycles.